The second-order valence-corrected chi connectivity index (χ2v) is 9.39. The summed E-state index contributed by atoms with van der Waals surface area (Å²) in [6.07, 6.45) is 0. The van der Waals surface area contributed by atoms with E-state index in [0.29, 0.717) is 0 Å². The van der Waals surface area contributed by atoms with Gasteiger partial charge in [-0.05, 0) is 55.3 Å². The lowest BCUT2D eigenvalue weighted by Crippen LogP contribution is -2.47. The zero-order chi connectivity index (χ0) is 21.5. The van der Waals surface area contributed by atoms with E-state index < -0.39 is 0 Å². The van der Waals surface area contributed by atoms with Crippen molar-refractivity contribution in [2.24, 2.45) is 0 Å². The second-order valence-electron chi connectivity index (χ2n) is 7.85. The van der Waals surface area contributed by atoms with E-state index in [9.17, 15) is 4.39 Å². The van der Waals surface area contributed by atoms with Gasteiger partial charge in [0.25, 0.3) is 0 Å². The summed E-state index contributed by atoms with van der Waals surface area (Å²) in [7, 11) is 0. The van der Waals surface area contributed by atoms with Crippen molar-refractivity contribution in [2.45, 2.75) is 13.8 Å². The van der Waals surface area contributed by atoms with Gasteiger partial charge in [-0.15, -0.1) is 11.3 Å². The molecule has 0 spiro atoms. The highest BCUT2D eigenvalue weighted by Crippen LogP contribution is 2.42. The molecular weight excluding hydrogens is 431 g/mol. The van der Waals surface area contributed by atoms with Gasteiger partial charge in [0, 0.05) is 42.3 Å². The third-order valence-corrected chi connectivity index (χ3v) is 6.96. The number of anilines is 2. The molecule has 1 saturated heterocycles. The SMILES string of the molecule is Cc1ccc(-c2c(C)sc3nc(Cl)nc(N4CCN(c5ccc(F)cc5)CC4)c23)cc1. The normalized spacial score (nSPS) is 14.5. The van der Waals surface area contributed by atoms with Crippen LogP contribution in [0.4, 0.5) is 15.9 Å². The monoisotopic (exact) mass is 452 g/mol. The van der Waals surface area contributed by atoms with E-state index in [-0.39, 0.29) is 11.1 Å². The molecular formula is C24H22ClFN4S. The van der Waals surface area contributed by atoms with Crippen LogP contribution >= 0.6 is 22.9 Å². The first-order chi connectivity index (χ1) is 15.0. The summed E-state index contributed by atoms with van der Waals surface area (Å²) in [5.41, 5.74) is 4.63. The van der Waals surface area contributed by atoms with Crippen LogP contribution < -0.4 is 9.80 Å². The molecule has 2 aromatic carbocycles. The highest BCUT2D eigenvalue weighted by atomic mass is 35.5. The Hall–Kier alpha value is -2.70. The van der Waals surface area contributed by atoms with Gasteiger partial charge >= 0.3 is 0 Å². The summed E-state index contributed by atoms with van der Waals surface area (Å²) < 4.78 is 13.3. The lowest BCUT2D eigenvalue weighted by atomic mass is 10.0. The summed E-state index contributed by atoms with van der Waals surface area (Å²) in [5.74, 6) is 0.686. The average Bonchev–Trinajstić information content (AvgIpc) is 3.10. The van der Waals surface area contributed by atoms with Gasteiger partial charge in [-0.3, -0.25) is 0 Å². The first-order valence-electron chi connectivity index (χ1n) is 10.3. The molecule has 3 heterocycles. The molecule has 1 aliphatic heterocycles. The van der Waals surface area contributed by atoms with Gasteiger partial charge in [0.05, 0.1) is 5.39 Å². The number of nitrogens with zero attached hydrogens (tertiary/aromatic N) is 4. The molecule has 0 atom stereocenters. The van der Waals surface area contributed by atoms with E-state index in [1.807, 2.05) is 12.1 Å². The largest absolute Gasteiger partial charge is 0.368 e. The molecule has 0 amide bonds. The quantitative estimate of drug-likeness (QED) is 0.352. The van der Waals surface area contributed by atoms with E-state index >= 15 is 0 Å². The van der Waals surface area contributed by atoms with Crippen LogP contribution in [-0.2, 0) is 0 Å². The van der Waals surface area contributed by atoms with Crippen molar-refractivity contribution >= 4 is 44.7 Å². The number of halogens is 2. The van der Waals surface area contributed by atoms with Gasteiger partial charge in [0.2, 0.25) is 5.28 Å². The average molecular weight is 453 g/mol. The maximum atomic E-state index is 13.3. The molecule has 2 aromatic heterocycles. The molecule has 4 nitrogen and oxygen atoms in total. The van der Waals surface area contributed by atoms with E-state index in [0.717, 1.165) is 47.9 Å². The van der Waals surface area contributed by atoms with Crippen LogP contribution in [0.5, 0.6) is 0 Å². The highest BCUT2D eigenvalue weighted by molar-refractivity contribution is 7.19. The van der Waals surface area contributed by atoms with E-state index in [2.05, 4.69) is 57.9 Å². The molecule has 4 aromatic rings. The van der Waals surface area contributed by atoms with Crippen molar-refractivity contribution in [3.05, 3.63) is 70.1 Å². The van der Waals surface area contributed by atoms with Crippen molar-refractivity contribution in [3.8, 4) is 11.1 Å². The molecule has 0 N–H and O–H groups in total. The van der Waals surface area contributed by atoms with E-state index in [1.165, 1.54) is 33.7 Å². The fourth-order valence-corrected chi connectivity index (χ4v) is 5.45. The number of hydrogen-bond acceptors (Lipinski definition) is 5. The summed E-state index contributed by atoms with van der Waals surface area (Å²) in [6.45, 7) is 7.50. The van der Waals surface area contributed by atoms with Gasteiger partial charge in [0.1, 0.15) is 16.5 Å². The molecule has 5 rings (SSSR count). The molecule has 0 unspecified atom stereocenters. The van der Waals surface area contributed by atoms with Crippen LogP contribution in [0.1, 0.15) is 10.4 Å². The van der Waals surface area contributed by atoms with Crippen LogP contribution in [0.15, 0.2) is 48.5 Å². The number of piperazine rings is 1. The van der Waals surface area contributed by atoms with Crippen molar-refractivity contribution in [1.82, 2.24) is 9.97 Å². The topological polar surface area (TPSA) is 32.3 Å². The minimum Gasteiger partial charge on any atom is -0.368 e. The van der Waals surface area contributed by atoms with E-state index in [4.69, 9.17) is 11.6 Å². The maximum Gasteiger partial charge on any atom is 0.225 e. The summed E-state index contributed by atoms with van der Waals surface area (Å²) in [4.78, 5) is 15.9. The Kier molecular flexibility index (Phi) is 5.28. The van der Waals surface area contributed by atoms with Gasteiger partial charge in [-0.2, -0.15) is 4.98 Å². The van der Waals surface area contributed by atoms with Crippen LogP contribution in [0.25, 0.3) is 21.3 Å². The highest BCUT2D eigenvalue weighted by Gasteiger charge is 2.25. The molecule has 0 aliphatic carbocycles. The Morgan fingerprint density at radius 3 is 2.19 bits per heavy atom. The Balaban J connectivity index is 1.51. The number of benzene rings is 2. The number of fused-ring (bicyclic) bond motifs is 1. The van der Waals surface area contributed by atoms with Crippen molar-refractivity contribution in [1.29, 1.82) is 0 Å². The first-order valence-corrected chi connectivity index (χ1v) is 11.5. The molecule has 1 fully saturated rings. The molecule has 7 heteroatoms. The molecule has 0 bridgehead atoms. The zero-order valence-corrected chi connectivity index (χ0v) is 19.0. The predicted octanol–water partition coefficient (Wildman–Crippen LogP) is 6.09. The third kappa shape index (κ3) is 3.86. The van der Waals surface area contributed by atoms with Gasteiger partial charge in [-0.25, -0.2) is 9.37 Å². The molecule has 1 aliphatic rings. The minimum atomic E-state index is -0.211. The van der Waals surface area contributed by atoms with Crippen molar-refractivity contribution in [2.75, 3.05) is 36.0 Å². The third-order valence-electron chi connectivity index (χ3n) is 5.79. The summed E-state index contributed by atoms with van der Waals surface area (Å²) >= 11 is 7.98. The Morgan fingerprint density at radius 2 is 1.52 bits per heavy atom. The van der Waals surface area contributed by atoms with Crippen LogP contribution in [0, 0.1) is 19.7 Å². The maximum absolute atomic E-state index is 13.3. The fourth-order valence-electron chi connectivity index (χ4n) is 4.19. The second kappa shape index (κ2) is 8.09. The minimum absolute atomic E-state index is 0.211. The van der Waals surface area contributed by atoms with E-state index in [1.54, 1.807) is 11.3 Å². The molecule has 31 heavy (non-hydrogen) atoms. The Morgan fingerprint density at radius 1 is 0.871 bits per heavy atom. The number of aryl methyl sites for hydroxylation is 2. The Bertz CT molecular complexity index is 1230. The van der Waals surface area contributed by atoms with Crippen molar-refractivity contribution < 1.29 is 4.39 Å². The van der Waals surface area contributed by atoms with Gasteiger partial charge in [-0.1, -0.05) is 29.8 Å². The molecule has 158 valence electrons. The van der Waals surface area contributed by atoms with Crippen molar-refractivity contribution in [3.63, 3.8) is 0 Å². The number of hydrogen-bond donors (Lipinski definition) is 0. The van der Waals surface area contributed by atoms with Gasteiger partial charge < -0.3 is 9.80 Å². The fraction of sp³-hybridized carbons (Fsp3) is 0.250. The number of thiophene rings is 1. The number of rotatable bonds is 3. The number of aromatic nitrogens is 2. The summed E-state index contributed by atoms with van der Waals surface area (Å²) in [5, 5.41) is 1.35. The first kappa shape index (κ1) is 20.2. The van der Waals surface area contributed by atoms with Gasteiger partial charge in [0.15, 0.2) is 0 Å². The molecule has 0 radical (unpaired) electrons. The Labute approximate surface area is 189 Å². The smallest absolute Gasteiger partial charge is 0.225 e. The standard InChI is InChI=1S/C24H22ClFN4S/c1-15-3-5-17(6-4-15)20-16(2)31-23-21(20)22(27-24(25)28-23)30-13-11-29(12-14-30)19-9-7-18(26)8-10-19/h3-10H,11-14H2,1-2H3. The molecule has 0 saturated carbocycles. The van der Waals surface area contributed by atoms with Crippen LogP contribution in [0.2, 0.25) is 5.28 Å². The van der Waals surface area contributed by atoms with Crippen LogP contribution in [-0.4, -0.2) is 36.1 Å². The predicted molar refractivity (Wildman–Crippen MR) is 128 cm³/mol. The lowest BCUT2D eigenvalue weighted by molar-refractivity contribution is 0.624. The van der Waals surface area contributed by atoms with Crippen LogP contribution in [0.3, 0.4) is 0 Å². The summed E-state index contributed by atoms with van der Waals surface area (Å²) in [6, 6.07) is 15.3. The lowest BCUT2D eigenvalue weighted by Gasteiger charge is -2.37. The zero-order valence-electron chi connectivity index (χ0n) is 17.4.